The van der Waals surface area contributed by atoms with E-state index in [2.05, 4.69) is 27.6 Å². The first-order valence-electron chi connectivity index (χ1n) is 6.20. The molecule has 0 fully saturated rings. The Hall–Kier alpha value is -1.82. The highest BCUT2D eigenvalue weighted by atomic mass is 127. The van der Waals surface area contributed by atoms with E-state index >= 15 is 0 Å². The van der Waals surface area contributed by atoms with Gasteiger partial charge in [0.25, 0.3) is 0 Å². The molecule has 100 valence electrons. The average molecular weight is 377 g/mol. The molecule has 0 unspecified atom stereocenters. The monoisotopic (exact) mass is 377 g/mol. The molecule has 0 amide bonds. The predicted molar refractivity (Wildman–Crippen MR) is 85.4 cm³/mol. The molecule has 3 nitrogen and oxygen atoms in total. The highest BCUT2D eigenvalue weighted by Gasteiger charge is 2.06. The number of hydrogen-bond donors (Lipinski definition) is 0. The lowest BCUT2D eigenvalue weighted by Gasteiger charge is -2.03. The van der Waals surface area contributed by atoms with Crippen molar-refractivity contribution < 1.29 is 9.15 Å². The Bertz CT molecular complexity index is 677. The van der Waals surface area contributed by atoms with Gasteiger partial charge in [-0.15, -0.1) is 0 Å². The summed E-state index contributed by atoms with van der Waals surface area (Å²) in [5.74, 6) is 2.14. The molecule has 1 heterocycles. The standard InChI is InChI=1S/C16H12INO2/c17-13-6-8-14(9-7-13)19-11-16-18-10-15(20-16)12-4-2-1-3-5-12/h1-10H,11H2. The Morgan fingerprint density at radius 2 is 1.75 bits per heavy atom. The molecule has 0 saturated carbocycles. The van der Waals surface area contributed by atoms with Crippen molar-refractivity contribution in [2.45, 2.75) is 6.61 Å². The quantitative estimate of drug-likeness (QED) is 0.627. The molecule has 1 aromatic heterocycles. The lowest BCUT2D eigenvalue weighted by atomic mass is 10.2. The largest absolute Gasteiger partial charge is 0.484 e. The zero-order valence-electron chi connectivity index (χ0n) is 10.6. The maximum absolute atomic E-state index is 5.68. The van der Waals surface area contributed by atoms with Crippen LogP contribution in [-0.2, 0) is 6.61 Å². The summed E-state index contributed by atoms with van der Waals surface area (Å²) in [6.45, 7) is 0.327. The van der Waals surface area contributed by atoms with Crippen molar-refractivity contribution in [1.29, 1.82) is 0 Å². The summed E-state index contributed by atoms with van der Waals surface area (Å²) in [5, 5.41) is 0. The molecule has 0 aliphatic rings. The van der Waals surface area contributed by atoms with E-state index in [-0.39, 0.29) is 0 Å². The van der Waals surface area contributed by atoms with E-state index in [1.165, 1.54) is 3.57 Å². The topological polar surface area (TPSA) is 35.3 Å². The average Bonchev–Trinajstić information content (AvgIpc) is 2.97. The van der Waals surface area contributed by atoms with Gasteiger partial charge in [-0.2, -0.15) is 0 Å². The molecule has 2 aromatic carbocycles. The summed E-state index contributed by atoms with van der Waals surface area (Å²) in [6.07, 6.45) is 1.72. The lowest BCUT2D eigenvalue weighted by Crippen LogP contribution is -1.95. The summed E-state index contributed by atoms with van der Waals surface area (Å²) in [5.41, 5.74) is 1.01. The van der Waals surface area contributed by atoms with Gasteiger partial charge in [0.05, 0.1) is 6.20 Å². The SMILES string of the molecule is Ic1ccc(OCc2ncc(-c3ccccc3)o2)cc1. The Kier molecular flexibility index (Phi) is 4.01. The smallest absolute Gasteiger partial charge is 0.232 e. The third kappa shape index (κ3) is 3.19. The molecular weight excluding hydrogens is 365 g/mol. The number of rotatable bonds is 4. The van der Waals surface area contributed by atoms with Gasteiger partial charge in [0.1, 0.15) is 5.75 Å². The van der Waals surface area contributed by atoms with Crippen molar-refractivity contribution in [2.24, 2.45) is 0 Å². The van der Waals surface area contributed by atoms with Crippen LogP contribution in [0.5, 0.6) is 5.75 Å². The molecule has 0 radical (unpaired) electrons. The predicted octanol–water partition coefficient (Wildman–Crippen LogP) is 4.53. The van der Waals surface area contributed by atoms with Crippen LogP contribution in [0.1, 0.15) is 5.89 Å². The van der Waals surface area contributed by atoms with Crippen LogP contribution in [-0.4, -0.2) is 4.98 Å². The number of oxazole rings is 1. The third-order valence-electron chi connectivity index (χ3n) is 2.79. The number of hydrogen-bond acceptors (Lipinski definition) is 3. The van der Waals surface area contributed by atoms with Crippen LogP contribution in [0.2, 0.25) is 0 Å². The second kappa shape index (κ2) is 6.09. The molecule has 3 rings (SSSR count). The molecular formula is C16H12INO2. The van der Waals surface area contributed by atoms with Crippen molar-refractivity contribution >= 4 is 22.6 Å². The third-order valence-corrected chi connectivity index (χ3v) is 3.51. The first-order chi connectivity index (χ1) is 9.81. The maximum Gasteiger partial charge on any atom is 0.232 e. The molecule has 0 aliphatic heterocycles. The van der Waals surface area contributed by atoms with Gasteiger partial charge in [0.2, 0.25) is 5.89 Å². The minimum absolute atomic E-state index is 0.327. The van der Waals surface area contributed by atoms with Gasteiger partial charge in [0.15, 0.2) is 12.4 Å². The fraction of sp³-hybridized carbons (Fsp3) is 0.0625. The Morgan fingerprint density at radius 3 is 2.50 bits per heavy atom. The molecule has 4 heteroatoms. The molecule has 0 aliphatic carbocycles. The molecule has 3 aromatic rings. The second-order valence-electron chi connectivity index (χ2n) is 4.23. The summed E-state index contributed by atoms with van der Waals surface area (Å²) in [6, 6.07) is 17.8. The fourth-order valence-corrected chi connectivity index (χ4v) is 2.15. The Morgan fingerprint density at radius 1 is 1.00 bits per heavy atom. The highest BCUT2D eigenvalue weighted by Crippen LogP contribution is 2.21. The number of benzene rings is 2. The van der Waals surface area contributed by atoms with Gasteiger partial charge >= 0.3 is 0 Å². The zero-order chi connectivity index (χ0) is 13.8. The second-order valence-corrected chi connectivity index (χ2v) is 5.47. The van der Waals surface area contributed by atoms with Crippen LogP contribution in [0.3, 0.4) is 0 Å². The van der Waals surface area contributed by atoms with Gasteiger partial charge in [-0.3, -0.25) is 0 Å². The van der Waals surface area contributed by atoms with E-state index in [1.54, 1.807) is 6.20 Å². The summed E-state index contributed by atoms with van der Waals surface area (Å²) >= 11 is 2.26. The Labute approximate surface area is 130 Å². The van der Waals surface area contributed by atoms with Crippen molar-refractivity contribution in [3.8, 4) is 17.1 Å². The number of halogens is 1. The van der Waals surface area contributed by atoms with E-state index in [9.17, 15) is 0 Å². The molecule has 0 N–H and O–H groups in total. The van der Waals surface area contributed by atoms with Crippen LogP contribution in [0.25, 0.3) is 11.3 Å². The van der Waals surface area contributed by atoms with E-state index in [0.29, 0.717) is 12.5 Å². The van der Waals surface area contributed by atoms with Crippen LogP contribution < -0.4 is 4.74 Å². The highest BCUT2D eigenvalue weighted by molar-refractivity contribution is 14.1. The number of ether oxygens (including phenoxy) is 1. The van der Waals surface area contributed by atoms with E-state index in [0.717, 1.165) is 17.1 Å². The van der Waals surface area contributed by atoms with Crippen molar-refractivity contribution in [3.63, 3.8) is 0 Å². The van der Waals surface area contributed by atoms with Gasteiger partial charge < -0.3 is 9.15 Å². The van der Waals surface area contributed by atoms with Gasteiger partial charge in [-0.05, 0) is 46.9 Å². The zero-order valence-corrected chi connectivity index (χ0v) is 12.8. The van der Waals surface area contributed by atoms with Crippen molar-refractivity contribution in [2.75, 3.05) is 0 Å². The molecule has 0 saturated heterocycles. The Balaban J connectivity index is 1.67. The van der Waals surface area contributed by atoms with Crippen molar-refractivity contribution in [3.05, 3.63) is 70.3 Å². The number of aromatic nitrogens is 1. The van der Waals surface area contributed by atoms with Crippen LogP contribution in [0.15, 0.2) is 65.2 Å². The van der Waals surface area contributed by atoms with Crippen LogP contribution in [0.4, 0.5) is 0 Å². The van der Waals surface area contributed by atoms with E-state index in [1.807, 2.05) is 54.6 Å². The molecule has 0 spiro atoms. The normalized spacial score (nSPS) is 10.4. The fourth-order valence-electron chi connectivity index (χ4n) is 1.79. The minimum Gasteiger partial charge on any atom is -0.484 e. The number of nitrogens with zero attached hydrogens (tertiary/aromatic N) is 1. The van der Waals surface area contributed by atoms with Gasteiger partial charge in [0, 0.05) is 9.13 Å². The van der Waals surface area contributed by atoms with E-state index < -0.39 is 0 Å². The van der Waals surface area contributed by atoms with E-state index in [4.69, 9.17) is 9.15 Å². The van der Waals surface area contributed by atoms with Gasteiger partial charge in [-0.25, -0.2) is 4.98 Å². The molecule has 20 heavy (non-hydrogen) atoms. The van der Waals surface area contributed by atoms with Gasteiger partial charge in [-0.1, -0.05) is 30.3 Å². The first-order valence-corrected chi connectivity index (χ1v) is 7.27. The molecule has 0 bridgehead atoms. The van der Waals surface area contributed by atoms with Crippen LogP contribution >= 0.6 is 22.6 Å². The maximum atomic E-state index is 5.68. The first kappa shape index (κ1) is 13.2. The van der Waals surface area contributed by atoms with Crippen molar-refractivity contribution in [1.82, 2.24) is 4.98 Å². The summed E-state index contributed by atoms with van der Waals surface area (Å²) in [4.78, 5) is 4.23. The van der Waals surface area contributed by atoms with Crippen LogP contribution in [0, 0.1) is 3.57 Å². The lowest BCUT2D eigenvalue weighted by molar-refractivity contribution is 0.264. The molecule has 0 atom stereocenters. The summed E-state index contributed by atoms with van der Waals surface area (Å²) < 4.78 is 12.5. The minimum atomic E-state index is 0.327. The summed E-state index contributed by atoms with van der Waals surface area (Å²) in [7, 11) is 0.